The van der Waals surface area contributed by atoms with Crippen LogP contribution in [0.3, 0.4) is 0 Å². The van der Waals surface area contributed by atoms with E-state index in [1.807, 2.05) is 0 Å². The van der Waals surface area contributed by atoms with E-state index in [4.69, 9.17) is 6.42 Å². The van der Waals surface area contributed by atoms with Crippen molar-refractivity contribution < 1.29 is 4.79 Å². The van der Waals surface area contributed by atoms with E-state index in [1.165, 1.54) is 6.42 Å². The molecule has 3 aliphatic rings. The van der Waals surface area contributed by atoms with Gasteiger partial charge in [-0.15, -0.1) is 12.3 Å². The van der Waals surface area contributed by atoms with E-state index in [2.05, 4.69) is 16.6 Å². The Balaban J connectivity index is 1.76. The van der Waals surface area contributed by atoms with Gasteiger partial charge in [-0.05, 0) is 18.9 Å². The molecule has 2 aliphatic heterocycles. The van der Waals surface area contributed by atoms with Crippen LogP contribution < -0.4 is 10.6 Å². The van der Waals surface area contributed by atoms with Crippen LogP contribution in [-0.2, 0) is 4.79 Å². The average Bonchev–Trinajstić information content (AvgIpc) is 2.64. The summed E-state index contributed by atoms with van der Waals surface area (Å²) in [5.74, 6) is 3.49. The fourth-order valence-corrected chi connectivity index (χ4v) is 2.25. The van der Waals surface area contributed by atoms with Gasteiger partial charge < -0.3 is 10.6 Å². The molecule has 3 nitrogen and oxygen atoms in total. The standard InChI is InChI=1S/C10H14N2O/c1-2-3-4-11-10(13)9-7-5-8(9)12-6-7/h1,7-9,12H,3-6H2,(H,11,13). The van der Waals surface area contributed by atoms with Gasteiger partial charge in [-0.3, -0.25) is 4.79 Å². The summed E-state index contributed by atoms with van der Waals surface area (Å²) in [5.41, 5.74) is 0. The van der Waals surface area contributed by atoms with Gasteiger partial charge in [0, 0.05) is 19.0 Å². The Morgan fingerprint density at radius 3 is 3.08 bits per heavy atom. The molecule has 1 amide bonds. The minimum absolute atomic E-state index is 0.182. The van der Waals surface area contributed by atoms with Crippen LogP contribution in [0.15, 0.2) is 0 Å². The summed E-state index contributed by atoms with van der Waals surface area (Å²) in [6.45, 7) is 1.63. The van der Waals surface area contributed by atoms with Crippen LogP contribution in [0.1, 0.15) is 12.8 Å². The SMILES string of the molecule is C#CCCNC(=O)C1C2CNC1C2. The quantitative estimate of drug-likeness (QED) is 0.461. The Bertz CT molecular complexity index is 242. The molecule has 2 saturated heterocycles. The van der Waals surface area contributed by atoms with E-state index in [-0.39, 0.29) is 11.8 Å². The molecule has 70 valence electrons. The molecule has 2 bridgehead atoms. The molecule has 2 N–H and O–H groups in total. The van der Waals surface area contributed by atoms with Gasteiger partial charge in [-0.1, -0.05) is 0 Å². The van der Waals surface area contributed by atoms with Crippen LogP contribution in [0.25, 0.3) is 0 Å². The number of nitrogens with one attached hydrogen (secondary N) is 2. The fourth-order valence-electron chi connectivity index (χ4n) is 2.25. The van der Waals surface area contributed by atoms with Gasteiger partial charge in [0.25, 0.3) is 0 Å². The zero-order valence-electron chi connectivity index (χ0n) is 7.55. The molecule has 0 radical (unpaired) electrons. The minimum Gasteiger partial charge on any atom is -0.355 e. The number of hydrogen-bond donors (Lipinski definition) is 2. The third kappa shape index (κ3) is 1.42. The lowest BCUT2D eigenvalue weighted by Gasteiger charge is -2.32. The normalized spacial score (nSPS) is 34.8. The first-order chi connectivity index (χ1) is 6.33. The Labute approximate surface area is 78.3 Å². The molecular weight excluding hydrogens is 164 g/mol. The van der Waals surface area contributed by atoms with Gasteiger partial charge in [-0.25, -0.2) is 0 Å². The summed E-state index contributed by atoms with van der Waals surface area (Å²) >= 11 is 0. The molecule has 0 aromatic heterocycles. The van der Waals surface area contributed by atoms with Crippen LogP contribution in [0.5, 0.6) is 0 Å². The van der Waals surface area contributed by atoms with Crippen molar-refractivity contribution in [1.29, 1.82) is 0 Å². The summed E-state index contributed by atoms with van der Waals surface area (Å²) in [6.07, 6.45) is 6.89. The van der Waals surface area contributed by atoms with Crippen molar-refractivity contribution in [2.75, 3.05) is 13.1 Å². The first-order valence-electron chi connectivity index (χ1n) is 4.77. The maximum atomic E-state index is 11.5. The Hall–Kier alpha value is -1.01. The van der Waals surface area contributed by atoms with Crippen molar-refractivity contribution >= 4 is 5.91 Å². The predicted molar refractivity (Wildman–Crippen MR) is 49.8 cm³/mol. The van der Waals surface area contributed by atoms with E-state index in [9.17, 15) is 4.79 Å². The number of fused-ring (bicyclic) bond motifs is 1. The minimum atomic E-state index is 0.182. The monoisotopic (exact) mass is 178 g/mol. The molecule has 3 rings (SSSR count). The zero-order chi connectivity index (χ0) is 9.26. The Kier molecular flexibility index (Phi) is 2.24. The highest BCUT2D eigenvalue weighted by Crippen LogP contribution is 2.39. The van der Waals surface area contributed by atoms with Gasteiger partial charge in [0.15, 0.2) is 0 Å². The number of hydrogen-bond acceptors (Lipinski definition) is 2. The second-order valence-electron chi connectivity index (χ2n) is 3.78. The van der Waals surface area contributed by atoms with Crippen molar-refractivity contribution in [3.8, 4) is 12.3 Å². The summed E-state index contributed by atoms with van der Waals surface area (Å²) in [6, 6.07) is 0.441. The highest BCUT2D eigenvalue weighted by molar-refractivity contribution is 5.81. The largest absolute Gasteiger partial charge is 0.355 e. The van der Waals surface area contributed by atoms with Gasteiger partial charge in [0.1, 0.15) is 0 Å². The maximum Gasteiger partial charge on any atom is 0.225 e. The number of rotatable bonds is 3. The summed E-state index contributed by atoms with van der Waals surface area (Å²) in [4.78, 5) is 11.5. The lowest BCUT2D eigenvalue weighted by molar-refractivity contribution is -0.129. The molecule has 0 aromatic rings. The van der Waals surface area contributed by atoms with Crippen molar-refractivity contribution in [2.45, 2.75) is 18.9 Å². The summed E-state index contributed by atoms with van der Waals surface area (Å²) < 4.78 is 0. The molecule has 3 unspecified atom stereocenters. The predicted octanol–water partition coefficient (Wildman–Crippen LogP) is -0.266. The fraction of sp³-hybridized carbons (Fsp3) is 0.700. The zero-order valence-corrected chi connectivity index (χ0v) is 7.55. The van der Waals surface area contributed by atoms with E-state index < -0.39 is 0 Å². The summed E-state index contributed by atoms with van der Waals surface area (Å²) in [5, 5.41) is 6.18. The smallest absolute Gasteiger partial charge is 0.225 e. The van der Waals surface area contributed by atoms with Crippen LogP contribution >= 0.6 is 0 Å². The molecular formula is C10H14N2O. The van der Waals surface area contributed by atoms with Crippen molar-refractivity contribution in [3.05, 3.63) is 0 Å². The maximum absolute atomic E-state index is 11.5. The first-order valence-corrected chi connectivity index (χ1v) is 4.77. The van der Waals surface area contributed by atoms with Crippen LogP contribution in [-0.4, -0.2) is 25.0 Å². The van der Waals surface area contributed by atoms with E-state index >= 15 is 0 Å². The molecule has 3 atom stereocenters. The number of terminal acetylenes is 1. The van der Waals surface area contributed by atoms with Crippen molar-refractivity contribution in [2.24, 2.45) is 11.8 Å². The van der Waals surface area contributed by atoms with Gasteiger partial charge in [0.05, 0.1) is 5.92 Å². The second-order valence-corrected chi connectivity index (χ2v) is 3.78. The van der Waals surface area contributed by atoms with Gasteiger partial charge in [-0.2, -0.15) is 0 Å². The molecule has 0 spiro atoms. The number of carbonyl (C=O) groups is 1. The highest BCUT2D eigenvalue weighted by atomic mass is 16.2. The summed E-state index contributed by atoms with van der Waals surface area (Å²) in [7, 11) is 0. The molecule has 3 heteroatoms. The Morgan fingerprint density at radius 1 is 1.69 bits per heavy atom. The van der Waals surface area contributed by atoms with E-state index in [1.54, 1.807) is 0 Å². The molecule has 13 heavy (non-hydrogen) atoms. The van der Waals surface area contributed by atoms with Crippen molar-refractivity contribution in [3.63, 3.8) is 0 Å². The second kappa shape index (κ2) is 3.39. The van der Waals surface area contributed by atoms with Crippen LogP contribution in [0.4, 0.5) is 0 Å². The van der Waals surface area contributed by atoms with E-state index in [0.717, 1.165) is 6.54 Å². The molecule has 2 heterocycles. The first kappa shape index (κ1) is 8.58. The third-order valence-corrected chi connectivity index (χ3v) is 3.01. The highest BCUT2D eigenvalue weighted by Gasteiger charge is 2.50. The number of amides is 1. The number of carbonyl (C=O) groups excluding carboxylic acids is 1. The van der Waals surface area contributed by atoms with Crippen LogP contribution in [0, 0.1) is 24.2 Å². The van der Waals surface area contributed by atoms with E-state index in [0.29, 0.717) is 24.9 Å². The topological polar surface area (TPSA) is 41.1 Å². The van der Waals surface area contributed by atoms with Gasteiger partial charge in [0.2, 0.25) is 5.91 Å². The molecule has 0 aromatic carbocycles. The third-order valence-electron chi connectivity index (χ3n) is 3.01. The van der Waals surface area contributed by atoms with Crippen LogP contribution in [0.2, 0.25) is 0 Å². The molecule has 1 saturated carbocycles. The molecule has 1 aliphatic carbocycles. The lowest BCUT2D eigenvalue weighted by Crippen LogP contribution is -2.47. The van der Waals surface area contributed by atoms with Crippen molar-refractivity contribution in [1.82, 2.24) is 10.6 Å². The molecule has 3 fully saturated rings. The Morgan fingerprint density at radius 2 is 2.54 bits per heavy atom. The lowest BCUT2D eigenvalue weighted by atomic mass is 9.73. The van der Waals surface area contributed by atoms with Gasteiger partial charge >= 0.3 is 0 Å². The average molecular weight is 178 g/mol.